The zero-order valence-corrected chi connectivity index (χ0v) is 15.4. The lowest BCUT2D eigenvalue weighted by atomic mass is 10.0. The van der Waals surface area contributed by atoms with E-state index in [-0.39, 0.29) is 0 Å². The van der Waals surface area contributed by atoms with Crippen molar-refractivity contribution in [2.75, 3.05) is 0 Å². The van der Waals surface area contributed by atoms with Gasteiger partial charge in [-0.2, -0.15) is 0 Å². The first-order valence-corrected chi connectivity index (χ1v) is 10.0. The van der Waals surface area contributed by atoms with Crippen LogP contribution in [0.3, 0.4) is 0 Å². The molecule has 0 nitrogen and oxygen atoms in total. The quantitative estimate of drug-likeness (QED) is 0.306. The Labute approximate surface area is 155 Å². The van der Waals surface area contributed by atoms with Gasteiger partial charge in [-0.25, -0.2) is 0 Å². The van der Waals surface area contributed by atoms with E-state index in [1.165, 1.54) is 48.0 Å². The van der Waals surface area contributed by atoms with Gasteiger partial charge in [0.25, 0.3) is 0 Å². The number of rotatable bonds is 2. The van der Waals surface area contributed by atoms with Gasteiger partial charge in [0.2, 0.25) is 0 Å². The summed E-state index contributed by atoms with van der Waals surface area (Å²) in [5.74, 6) is 0. The van der Waals surface area contributed by atoms with Gasteiger partial charge < -0.3 is 0 Å². The molecule has 119 valence electrons. The van der Waals surface area contributed by atoms with E-state index >= 15 is 0 Å². The maximum atomic E-state index is 3.70. The van der Waals surface area contributed by atoms with E-state index in [2.05, 4.69) is 84.4 Å². The van der Waals surface area contributed by atoms with Crippen LogP contribution in [0.5, 0.6) is 0 Å². The highest BCUT2D eigenvalue weighted by atomic mass is 32.1. The van der Waals surface area contributed by atoms with Crippen LogP contribution < -0.4 is 0 Å². The van der Waals surface area contributed by atoms with Gasteiger partial charge in [0.1, 0.15) is 0 Å². The van der Waals surface area contributed by atoms with Gasteiger partial charge >= 0.3 is 0 Å². The predicted octanol–water partition coefficient (Wildman–Crippen LogP) is 7.56. The molecule has 0 saturated carbocycles. The Kier molecular flexibility index (Phi) is 3.47. The molecule has 0 spiro atoms. The predicted molar refractivity (Wildman–Crippen MR) is 112 cm³/mol. The van der Waals surface area contributed by atoms with Crippen molar-refractivity contribution >= 4 is 44.2 Å². The van der Waals surface area contributed by atoms with Crippen molar-refractivity contribution < 1.29 is 0 Å². The van der Waals surface area contributed by atoms with Crippen LogP contribution >= 0.6 is 22.7 Å². The Morgan fingerprint density at radius 1 is 0.680 bits per heavy atom. The average Bonchev–Trinajstić information content (AvgIpc) is 3.25. The van der Waals surface area contributed by atoms with Crippen molar-refractivity contribution in [3.63, 3.8) is 0 Å². The van der Waals surface area contributed by atoms with Gasteiger partial charge in [-0.05, 0) is 46.2 Å². The average molecular weight is 356 g/mol. The molecule has 0 atom stereocenters. The maximum absolute atomic E-state index is 3.70. The van der Waals surface area contributed by atoms with Crippen molar-refractivity contribution in [2.45, 2.75) is 6.92 Å². The van der Waals surface area contributed by atoms with E-state index in [4.69, 9.17) is 0 Å². The van der Waals surface area contributed by atoms with E-state index in [9.17, 15) is 0 Å². The third-order valence-corrected chi connectivity index (χ3v) is 6.62. The van der Waals surface area contributed by atoms with Crippen LogP contribution in [0.2, 0.25) is 0 Å². The van der Waals surface area contributed by atoms with E-state index in [1.807, 2.05) is 0 Å². The van der Waals surface area contributed by atoms with Gasteiger partial charge in [-0.3, -0.25) is 0 Å². The minimum absolute atomic E-state index is 1.19. The van der Waals surface area contributed by atoms with Crippen LogP contribution in [0.1, 0.15) is 5.56 Å². The van der Waals surface area contributed by atoms with Crippen LogP contribution in [-0.2, 0) is 0 Å². The molecule has 3 aromatic carbocycles. The minimum atomic E-state index is 1.19. The zero-order chi connectivity index (χ0) is 16.8. The Morgan fingerprint density at radius 2 is 1.16 bits per heavy atom. The third kappa shape index (κ3) is 2.50. The van der Waals surface area contributed by atoms with Crippen LogP contribution in [0.15, 0.2) is 71.4 Å². The molecule has 0 aliphatic heterocycles. The molecule has 0 fully saturated rings. The fraction of sp³-hybridized carbons (Fsp3) is 0.0435. The van der Waals surface area contributed by atoms with Crippen molar-refractivity contribution in [1.82, 2.24) is 0 Å². The summed E-state index contributed by atoms with van der Waals surface area (Å²) in [6.07, 6.45) is 0. The standard InChI is InChI=1S/C23H15S2/c1-15-10-18(22-20-8-4-2-6-16(20)13-24-22)12-19(11-15)23-21-9-5-3-7-17(21)14-25-23/h2-11,13-14H,1H3. The topological polar surface area (TPSA) is 0 Å². The number of benzene rings is 3. The molecule has 0 amide bonds. The zero-order valence-electron chi connectivity index (χ0n) is 13.7. The Hall–Kier alpha value is -2.42. The minimum Gasteiger partial charge on any atom is -0.143 e. The van der Waals surface area contributed by atoms with Crippen LogP contribution in [0.4, 0.5) is 0 Å². The normalized spacial score (nSPS) is 11.4. The summed E-state index contributed by atoms with van der Waals surface area (Å²) >= 11 is 3.61. The van der Waals surface area contributed by atoms with Crippen molar-refractivity contribution in [3.05, 3.63) is 83.1 Å². The molecule has 0 N–H and O–H groups in total. The number of hydrogen-bond acceptors (Lipinski definition) is 2. The van der Waals surface area contributed by atoms with E-state index in [1.54, 1.807) is 22.7 Å². The second-order valence-corrected chi connectivity index (χ2v) is 8.05. The summed E-state index contributed by atoms with van der Waals surface area (Å²) in [5, 5.41) is 9.72. The Bertz CT molecular complexity index is 1110. The Morgan fingerprint density at radius 3 is 1.68 bits per heavy atom. The van der Waals surface area contributed by atoms with E-state index in [0.717, 1.165) is 0 Å². The van der Waals surface area contributed by atoms with Crippen molar-refractivity contribution in [3.8, 4) is 20.9 Å². The molecule has 25 heavy (non-hydrogen) atoms. The highest BCUT2D eigenvalue weighted by Crippen LogP contribution is 2.40. The molecule has 2 heteroatoms. The fourth-order valence-electron chi connectivity index (χ4n) is 3.36. The van der Waals surface area contributed by atoms with Gasteiger partial charge in [0.05, 0.1) is 0 Å². The summed E-state index contributed by atoms with van der Waals surface area (Å²) < 4.78 is 0. The molecule has 2 heterocycles. The number of thiophene rings is 2. The summed E-state index contributed by atoms with van der Waals surface area (Å²) in [7, 11) is 0. The maximum Gasteiger partial charge on any atom is 0.0427 e. The van der Waals surface area contributed by atoms with Crippen LogP contribution in [0, 0.1) is 13.0 Å². The van der Waals surface area contributed by atoms with Gasteiger partial charge in [0, 0.05) is 37.7 Å². The van der Waals surface area contributed by atoms with Crippen LogP contribution in [0.25, 0.3) is 42.4 Å². The second kappa shape index (κ2) is 5.83. The molecule has 0 bridgehead atoms. The molecule has 0 aliphatic carbocycles. The lowest BCUT2D eigenvalue weighted by Crippen LogP contribution is -1.83. The number of aryl methyl sites for hydroxylation is 1. The highest BCUT2D eigenvalue weighted by Gasteiger charge is 2.12. The number of hydrogen-bond donors (Lipinski definition) is 0. The molecule has 0 aliphatic rings. The second-order valence-electron chi connectivity index (χ2n) is 6.29. The molecule has 2 aromatic heterocycles. The molecule has 5 aromatic rings. The highest BCUT2D eigenvalue weighted by molar-refractivity contribution is 7.16. The smallest absolute Gasteiger partial charge is 0.0427 e. The van der Waals surface area contributed by atoms with E-state index in [0.29, 0.717) is 0 Å². The van der Waals surface area contributed by atoms with Crippen LogP contribution in [-0.4, -0.2) is 0 Å². The van der Waals surface area contributed by atoms with Crippen molar-refractivity contribution in [2.24, 2.45) is 0 Å². The summed E-state index contributed by atoms with van der Waals surface area (Å²) in [5.41, 5.74) is 3.66. The summed E-state index contributed by atoms with van der Waals surface area (Å²) in [6.45, 7) is 2.17. The van der Waals surface area contributed by atoms with Crippen molar-refractivity contribution in [1.29, 1.82) is 0 Å². The van der Waals surface area contributed by atoms with E-state index < -0.39 is 0 Å². The molecule has 1 radical (unpaired) electrons. The first kappa shape index (κ1) is 14.9. The molecular formula is C23H15S2. The summed E-state index contributed by atoms with van der Waals surface area (Å²) in [6, 6.07) is 25.4. The fourth-order valence-corrected chi connectivity index (χ4v) is 5.36. The monoisotopic (exact) mass is 355 g/mol. The molecule has 0 saturated heterocycles. The molecule has 5 rings (SSSR count). The Balaban J connectivity index is 1.73. The van der Waals surface area contributed by atoms with Gasteiger partial charge in [-0.15, -0.1) is 22.7 Å². The SMILES string of the molecule is Cc1cc(-c2scc3ccccc23)[c]c(-c2scc3ccccc23)c1. The van der Waals surface area contributed by atoms with Gasteiger partial charge in [0.15, 0.2) is 0 Å². The number of fused-ring (bicyclic) bond motifs is 2. The first-order valence-electron chi connectivity index (χ1n) is 8.27. The lowest BCUT2D eigenvalue weighted by Gasteiger charge is -2.06. The first-order chi connectivity index (χ1) is 12.3. The summed E-state index contributed by atoms with van der Waals surface area (Å²) in [4.78, 5) is 2.61. The van der Waals surface area contributed by atoms with Gasteiger partial charge in [-0.1, -0.05) is 48.5 Å². The molecular weight excluding hydrogens is 340 g/mol. The lowest BCUT2D eigenvalue weighted by molar-refractivity contribution is 1.48. The molecule has 0 unspecified atom stereocenters. The largest absolute Gasteiger partial charge is 0.143 e. The third-order valence-electron chi connectivity index (χ3n) is 4.52.